The fourth-order valence-corrected chi connectivity index (χ4v) is 5.84. The van der Waals surface area contributed by atoms with Gasteiger partial charge in [0.05, 0.1) is 13.2 Å². The first-order valence-corrected chi connectivity index (χ1v) is 14.3. The van der Waals surface area contributed by atoms with Crippen LogP contribution in [0.1, 0.15) is 11.1 Å². The fourth-order valence-electron chi connectivity index (χ4n) is 5.84. The van der Waals surface area contributed by atoms with E-state index < -0.39 is 0 Å². The number of hydrogen-bond acceptors (Lipinski definition) is 4. The van der Waals surface area contributed by atoms with Crippen LogP contribution in [0.5, 0.6) is 11.5 Å². The lowest BCUT2D eigenvalue weighted by atomic mass is 9.86. The molecule has 0 atom stereocenters. The number of ether oxygens (including phenoxy) is 2. The predicted octanol–water partition coefficient (Wildman–Crippen LogP) is 8.78. The molecule has 0 saturated carbocycles. The van der Waals surface area contributed by atoms with Gasteiger partial charge in [0.1, 0.15) is 11.5 Å². The highest BCUT2D eigenvalue weighted by Gasteiger charge is 2.22. The summed E-state index contributed by atoms with van der Waals surface area (Å²) in [5, 5.41) is 27.4. The fraction of sp³-hybridized carbons (Fsp3) is 0.158. The van der Waals surface area contributed by atoms with Crippen LogP contribution in [0.25, 0.3) is 54.9 Å². The summed E-state index contributed by atoms with van der Waals surface area (Å²) in [5.41, 5.74) is 7.24. The molecule has 0 aliphatic rings. The average Bonchev–Trinajstić information content (AvgIpc) is 3.04. The van der Waals surface area contributed by atoms with E-state index in [0.717, 1.165) is 54.9 Å². The van der Waals surface area contributed by atoms with Gasteiger partial charge >= 0.3 is 0 Å². The van der Waals surface area contributed by atoms with Gasteiger partial charge in [-0.15, -0.1) is 0 Å². The van der Waals surface area contributed by atoms with Crippen LogP contribution in [-0.2, 0) is 22.3 Å². The molecule has 0 amide bonds. The van der Waals surface area contributed by atoms with E-state index in [1.165, 1.54) is 0 Å². The maximum absolute atomic E-state index is 11.8. The molecule has 0 aliphatic carbocycles. The molecular formula is C38H34O4. The summed E-state index contributed by atoms with van der Waals surface area (Å²) >= 11 is 0. The summed E-state index contributed by atoms with van der Waals surface area (Å²) in [6.45, 7) is 0.940. The predicted molar refractivity (Wildman–Crippen MR) is 172 cm³/mol. The van der Waals surface area contributed by atoms with Crippen LogP contribution in [0.2, 0.25) is 0 Å². The number of benzene rings is 6. The molecule has 0 heterocycles. The van der Waals surface area contributed by atoms with Gasteiger partial charge in [0.25, 0.3) is 0 Å². The third-order valence-corrected chi connectivity index (χ3v) is 8.00. The van der Waals surface area contributed by atoms with Crippen LogP contribution in [0.4, 0.5) is 0 Å². The van der Waals surface area contributed by atoms with Gasteiger partial charge in [-0.3, -0.25) is 0 Å². The maximum Gasteiger partial charge on any atom is 0.127 e. The molecule has 6 rings (SSSR count). The van der Waals surface area contributed by atoms with Crippen molar-refractivity contribution in [1.29, 1.82) is 0 Å². The Morgan fingerprint density at radius 2 is 0.881 bits per heavy atom. The molecule has 6 aromatic rings. The molecule has 0 radical (unpaired) electrons. The standard InChI is InChI=1S/C38H34O4/c1-41-19-17-29-23-31-21-27(25-9-5-3-6-10-25)13-15-33(31)35(37(29)39)36-34-16-14-28(26-11-7-4-8-12-26)22-32(34)24-30(38(36)40)18-20-42-2/h3-16,21-24,39-40H,17-20H2,1-2H3. The second-order valence-electron chi connectivity index (χ2n) is 10.6. The lowest BCUT2D eigenvalue weighted by Crippen LogP contribution is -2.00. The molecule has 4 heteroatoms. The van der Waals surface area contributed by atoms with Crippen molar-refractivity contribution in [3.8, 4) is 44.9 Å². The highest BCUT2D eigenvalue weighted by Crippen LogP contribution is 2.48. The van der Waals surface area contributed by atoms with Crippen molar-refractivity contribution in [2.24, 2.45) is 0 Å². The molecule has 0 aromatic heterocycles. The molecule has 4 nitrogen and oxygen atoms in total. The van der Waals surface area contributed by atoms with Crippen LogP contribution in [-0.4, -0.2) is 37.6 Å². The van der Waals surface area contributed by atoms with Crippen molar-refractivity contribution >= 4 is 21.5 Å². The molecular weight excluding hydrogens is 520 g/mol. The highest BCUT2D eigenvalue weighted by atomic mass is 16.5. The number of aromatic hydroxyl groups is 2. The van der Waals surface area contributed by atoms with E-state index in [4.69, 9.17) is 9.47 Å². The van der Waals surface area contributed by atoms with Crippen molar-refractivity contribution in [3.05, 3.63) is 120 Å². The summed E-state index contributed by atoms with van der Waals surface area (Å²) in [4.78, 5) is 0. The van der Waals surface area contributed by atoms with Crippen molar-refractivity contribution in [2.75, 3.05) is 27.4 Å². The first-order valence-electron chi connectivity index (χ1n) is 14.3. The van der Waals surface area contributed by atoms with E-state index >= 15 is 0 Å². The van der Waals surface area contributed by atoms with E-state index in [1.807, 2.05) is 48.5 Å². The summed E-state index contributed by atoms with van der Waals surface area (Å²) in [7, 11) is 3.32. The average molecular weight is 555 g/mol. The van der Waals surface area contributed by atoms with Crippen LogP contribution in [0, 0.1) is 0 Å². The van der Waals surface area contributed by atoms with Gasteiger partial charge in [0, 0.05) is 25.3 Å². The maximum atomic E-state index is 11.8. The molecule has 0 spiro atoms. The summed E-state index contributed by atoms with van der Waals surface area (Å²) < 4.78 is 10.8. The van der Waals surface area contributed by atoms with Gasteiger partial charge in [0.2, 0.25) is 0 Å². The Morgan fingerprint density at radius 1 is 0.476 bits per heavy atom. The number of methoxy groups -OCH3 is 2. The van der Waals surface area contributed by atoms with E-state index in [-0.39, 0.29) is 11.5 Å². The van der Waals surface area contributed by atoms with Gasteiger partial charge in [-0.1, -0.05) is 84.9 Å². The zero-order valence-corrected chi connectivity index (χ0v) is 23.9. The molecule has 0 saturated heterocycles. The molecule has 6 aromatic carbocycles. The van der Waals surface area contributed by atoms with Crippen molar-refractivity contribution in [2.45, 2.75) is 12.8 Å². The molecule has 0 unspecified atom stereocenters. The Morgan fingerprint density at radius 3 is 1.26 bits per heavy atom. The molecule has 0 aliphatic heterocycles. The Balaban J connectivity index is 1.65. The lowest BCUT2D eigenvalue weighted by Gasteiger charge is -2.20. The molecule has 42 heavy (non-hydrogen) atoms. The summed E-state index contributed by atoms with van der Waals surface area (Å²) in [6, 6.07) is 37.2. The Hall–Kier alpha value is -4.64. The third-order valence-electron chi connectivity index (χ3n) is 8.00. The largest absolute Gasteiger partial charge is 0.507 e. The number of hydrogen-bond donors (Lipinski definition) is 2. The van der Waals surface area contributed by atoms with Crippen LogP contribution in [0.15, 0.2) is 109 Å². The van der Waals surface area contributed by atoms with Crippen LogP contribution >= 0.6 is 0 Å². The van der Waals surface area contributed by atoms with Crippen LogP contribution in [0.3, 0.4) is 0 Å². The van der Waals surface area contributed by atoms with Gasteiger partial charge in [-0.05, 0) is 92.0 Å². The SMILES string of the molecule is COCCc1cc2cc(-c3ccccc3)ccc2c(-c2c(O)c(CCOC)cc3cc(-c4ccccc4)ccc23)c1O. The molecule has 210 valence electrons. The summed E-state index contributed by atoms with van der Waals surface area (Å²) in [6.07, 6.45) is 1.09. The normalized spacial score (nSPS) is 11.4. The second-order valence-corrected chi connectivity index (χ2v) is 10.6. The zero-order chi connectivity index (χ0) is 29.1. The minimum absolute atomic E-state index is 0.166. The monoisotopic (exact) mass is 554 g/mol. The van der Waals surface area contributed by atoms with Crippen molar-refractivity contribution in [3.63, 3.8) is 0 Å². The molecule has 0 bridgehead atoms. The minimum atomic E-state index is 0.166. The van der Waals surface area contributed by atoms with E-state index in [9.17, 15) is 10.2 Å². The lowest BCUT2D eigenvalue weighted by molar-refractivity contribution is 0.201. The van der Waals surface area contributed by atoms with Crippen LogP contribution < -0.4 is 0 Å². The molecule has 0 fully saturated rings. The summed E-state index contributed by atoms with van der Waals surface area (Å²) in [5.74, 6) is 0.333. The quantitative estimate of drug-likeness (QED) is 0.188. The first kappa shape index (κ1) is 27.5. The van der Waals surface area contributed by atoms with E-state index in [1.54, 1.807) is 14.2 Å². The molecule has 2 N–H and O–H groups in total. The Bertz CT molecular complexity index is 1720. The zero-order valence-electron chi connectivity index (χ0n) is 23.9. The van der Waals surface area contributed by atoms with Gasteiger partial charge < -0.3 is 19.7 Å². The van der Waals surface area contributed by atoms with Crippen molar-refractivity contribution in [1.82, 2.24) is 0 Å². The van der Waals surface area contributed by atoms with E-state index in [2.05, 4.69) is 60.7 Å². The topological polar surface area (TPSA) is 58.9 Å². The minimum Gasteiger partial charge on any atom is -0.507 e. The Labute approximate surface area is 246 Å². The third kappa shape index (κ3) is 5.23. The first-order chi connectivity index (χ1) is 20.6. The smallest absolute Gasteiger partial charge is 0.127 e. The number of phenols is 2. The van der Waals surface area contributed by atoms with Crippen molar-refractivity contribution < 1.29 is 19.7 Å². The number of fused-ring (bicyclic) bond motifs is 2. The number of phenolic OH excluding ortho intramolecular Hbond substituents is 2. The van der Waals surface area contributed by atoms with Gasteiger partial charge in [-0.2, -0.15) is 0 Å². The second kappa shape index (κ2) is 12.1. The number of rotatable bonds is 9. The van der Waals surface area contributed by atoms with Gasteiger partial charge in [-0.25, -0.2) is 0 Å². The highest BCUT2D eigenvalue weighted by molar-refractivity contribution is 6.11. The van der Waals surface area contributed by atoms with E-state index in [0.29, 0.717) is 37.2 Å². The Kier molecular flexibility index (Phi) is 7.91. The van der Waals surface area contributed by atoms with Gasteiger partial charge in [0.15, 0.2) is 0 Å².